The highest BCUT2D eigenvalue weighted by Gasteiger charge is 2.36. The average Bonchev–Trinajstić information content (AvgIpc) is 2.83. The normalized spacial score (nSPS) is 22.1. The first-order valence-corrected chi connectivity index (χ1v) is 9.95. The van der Waals surface area contributed by atoms with Crippen molar-refractivity contribution < 1.29 is 8.42 Å². The standard InChI is InChI=1S/C14H17Br2N3O2S/c1-9(2)13-6-11(7-19(13)8-17)18-22(20,21)14-5-10(15)3-4-12(14)16/h3-5,9,11,13,18H,6-7H2,1-2H3. The first kappa shape index (κ1) is 17.7. The third kappa shape index (κ3) is 3.82. The van der Waals surface area contributed by atoms with E-state index in [2.05, 4.69) is 42.8 Å². The third-order valence-electron chi connectivity index (χ3n) is 3.75. The van der Waals surface area contributed by atoms with Gasteiger partial charge in [-0.1, -0.05) is 29.8 Å². The predicted octanol–water partition coefficient (Wildman–Crippen LogP) is 3.07. The van der Waals surface area contributed by atoms with Gasteiger partial charge in [0.25, 0.3) is 0 Å². The molecule has 0 aliphatic carbocycles. The van der Waals surface area contributed by atoms with Gasteiger partial charge in [0.05, 0.1) is 4.90 Å². The second kappa shape index (κ2) is 6.87. The van der Waals surface area contributed by atoms with Gasteiger partial charge in [-0.25, -0.2) is 13.1 Å². The maximum Gasteiger partial charge on any atom is 0.242 e. The Balaban J connectivity index is 2.20. The molecule has 0 saturated carbocycles. The van der Waals surface area contributed by atoms with E-state index in [9.17, 15) is 13.7 Å². The molecule has 1 aliphatic heterocycles. The Morgan fingerprint density at radius 1 is 1.41 bits per heavy atom. The predicted molar refractivity (Wildman–Crippen MR) is 91.5 cm³/mol. The fourth-order valence-electron chi connectivity index (χ4n) is 2.66. The summed E-state index contributed by atoms with van der Waals surface area (Å²) in [7, 11) is -3.64. The van der Waals surface area contributed by atoms with E-state index >= 15 is 0 Å². The Morgan fingerprint density at radius 3 is 2.64 bits per heavy atom. The molecule has 5 nitrogen and oxygen atoms in total. The molecule has 0 amide bonds. The summed E-state index contributed by atoms with van der Waals surface area (Å²) in [6.07, 6.45) is 2.79. The summed E-state index contributed by atoms with van der Waals surface area (Å²) in [6.45, 7) is 4.48. The summed E-state index contributed by atoms with van der Waals surface area (Å²) in [5, 5.41) is 9.18. The molecule has 0 spiro atoms. The number of likely N-dealkylation sites (tertiary alicyclic amines) is 1. The van der Waals surface area contributed by atoms with Crippen LogP contribution in [0.1, 0.15) is 20.3 Å². The van der Waals surface area contributed by atoms with Crippen molar-refractivity contribution in [2.24, 2.45) is 5.92 Å². The number of halogens is 2. The van der Waals surface area contributed by atoms with Crippen molar-refractivity contribution in [2.45, 2.75) is 37.2 Å². The van der Waals surface area contributed by atoms with Crippen molar-refractivity contribution in [1.82, 2.24) is 9.62 Å². The average molecular weight is 451 g/mol. The van der Waals surface area contributed by atoms with Gasteiger partial charge in [-0.3, -0.25) is 0 Å². The van der Waals surface area contributed by atoms with E-state index in [-0.39, 0.29) is 17.0 Å². The third-order valence-corrected chi connectivity index (χ3v) is 6.75. The molecule has 2 unspecified atom stereocenters. The fourth-order valence-corrected chi connectivity index (χ4v) is 5.41. The lowest BCUT2D eigenvalue weighted by Crippen LogP contribution is -2.36. The highest BCUT2D eigenvalue weighted by Crippen LogP contribution is 2.28. The van der Waals surface area contributed by atoms with Crippen molar-refractivity contribution in [3.63, 3.8) is 0 Å². The first-order chi connectivity index (χ1) is 10.2. The maximum absolute atomic E-state index is 12.6. The number of hydrogen-bond acceptors (Lipinski definition) is 4. The highest BCUT2D eigenvalue weighted by atomic mass is 79.9. The van der Waals surface area contributed by atoms with Crippen LogP contribution in [0.5, 0.6) is 0 Å². The van der Waals surface area contributed by atoms with Crippen molar-refractivity contribution in [3.8, 4) is 6.19 Å². The van der Waals surface area contributed by atoms with Crippen LogP contribution in [0.2, 0.25) is 0 Å². The molecule has 1 aromatic carbocycles. The van der Waals surface area contributed by atoms with E-state index < -0.39 is 10.0 Å². The number of nitrogens with one attached hydrogen (secondary N) is 1. The zero-order chi connectivity index (χ0) is 16.5. The van der Waals surface area contributed by atoms with Crippen LogP contribution in [0.3, 0.4) is 0 Å². The Morgan fingerprint density at radius 2 is 2.09 bits per heavy atom. The van der Waals surface area contributed by atoms with Gasteiger partial charge in [-0.15, -0.1) is 0 Å². The van der Waals surface area contributed by atoms with E-state index in [1.807, 2.05) is 13.8 Å². The highest BCUT2D eigenvalue weighted by molar-refractivity contribution is 9.11. The monoisotopic (exact) mass is 449 g/mol. The Labute approximate surface area is 148 Å². The molecule has 1 saturated heterocycles. The molecule has 0 radical (unpaired) electrons. The van der Waals surface area contributed by atoms with Crippen LogP contribution < -0.4 is 4.72 Å². The van der Waals surface area contributed by atoms with Crippen LogP contribution in [0, 0.1) is 17.4 Å². The number of rotatable bonds is 4. The van der Waals surface area contributed by atoms with Crippen molar-refractivity contribution >= 4 is 41.9 Å². The topological polar surface area (TPSA) is 73.2 Å². The van der Waals surface area contributed by atoms with Gasteiger partial charge in [-0.05, 0) is 46.5 Å². The molecule has 120 valence electrons. The smallest absolute Gasteiger partial charge is 0.242 e. The van der Waals surface area contributed by atoms with E-state index in [0.29, 0.717) is 27.8 Å². The second-order valence-electron chi connectivity index (χ2n) is 5.69. The Kier molecular flexibility index (Phi) is 5.54. The maximum atomic E-state index is 12.6. The molecule has 8 heteroatoms. The minimum atomic E-state index is -3.64. The fraction of sp³-hybridized carbons (Fsp3) is 0.500. The number of sulfonamides is 1. The van der Waals surface area contributed by atoms with Gasteiger partial charge in [0.2, 0.25) is 10.0 Å². The molecule has 2 atom stereocenters. The van der Waals surface area contributed by atoms with Crippen LogP contribution in [0.4, 0.5) is 0 Å². The SMILES string of the molecule is CC(C)C1CC(NS(=O)(=O)c2cc(Br)ccc2Br)CN1C#N. The molecule has 2 rings (SSSR count). The first-order valence-electron chi connectivity index (χ1n) is 6.88. The summed E-state index contributed by atoms with van der Waals surface area (Å²) in [5.74, 6) is 0.298. The summed E-state index contributed by atoms with van der Waals surface area (Å²) in [5.41, 5.74) is 0. The lowest BCUT2D eigenvalue weighted by Gasteiger charge is -2.21. The molecule has 22 heavy (non-hydrogen) atoms. The van der Waals surface area contributed by atoms with Crippen LogP contribution in [0.15, 0.2) is 32.0 Å². The van der Waals surface area contributed by atoms with Crippen LogP contribution in [-0.2, 0) is 10.0 Å². The molecule has 0 bridgehead atoms. The van der Waals surface area contributed by atoms with Gasteiger partial charge < -0.3 is 4.90 Å². The van der Waals surface area contributed by atoms with Gasteiger partial charge >= 0.3 is 0 Å². The van der Waals surface area contributed by atoms with E-state index in [0.717, 1.165) is 0 Å². The van der Waals surface area contributed by atoms with Crippen molar-refractivity contribution in [3.05, 3.63) is 27.1 Å². The zero-order valence-corrected chi connectivity index (χ0v) is 16.2. The summed E-state index contributed by atoms with van der Waals surface area (Å²) in [4.78, 5) is 1.85. The molecule has 1 heterocycles. The van der Waals surface area contributed by atoms with Gasteiger partial charge in [0.15, 0.2) is 6.19 Å². The minimum absolute atomic E-state index is 0.0728. The number of benzene rings is 1. The summed E-state index contributed by atoms with van der Waals surface area (Å²) >= 11 is 6.56. The summed E-state index contributed by atoms with van der Waals surface area (Å²) < 4.78 is 29.1. The van der Waals surface area contributed by atoms with Crippen molar-refractivity contribution in [2.75, 3.05) is 6.54 Å². The number of hydrogen-bond donors (Lipinski definition) is 1. The zero-order valence-electron chi connectivity index (χ0n) is 12.3. The lowest BCUT2D eigenvalue weighted by atomic mass is 10.0. The van der Waals surface area contributed by atoms with Gasteiger partial charge in [0.1, 0.15) is 0 Å². The molecule has 1 aliphatic rings. The number of nitrogens with zero attached hydrogens (tertiary/aromatic N) is 2. The number of nitriles is 1. The van der Waals surface area contributed by atoms with Crippen LogP contribution >= 0.6 is 31.9 Å². The molecule has 1 aromatic rings. The summed E-state index contributed by atoms with van der Waals surface area (Å²) in [6, 6.07) is 4.83. The molecular weight excluding hydrogens is 434 g/mol. The molecule has 1 N–H and O–H groups in total. The molecule has 1 fully saturated rings. The Bertz CT molecular complexity index is 701. The van der Waals surface area contributed by atoms with Crippen LogP contribution in [0.25, 0.3) is 0 Å². The lowest BCUT2D eigenvalue weighted by molar-refractivity contribution is 0.291. The second-order valence-corrected chi connectivity index (χ2v) is 9.14. The van der Waals surface area contributed by atoms with E-state index in [1.54, 1.807) is 23.1 Å². The quantitative estimate of drug-likeness (QED) is 0.715. The largest absolute Gasteiger partial charge is 0.306 e. The molecule has 0 aromatic heterocycles. The van der Waals surface area contributed by atoms with Gasteiger partial charge in [0, 0.05) is 27.6 Å². The minimum Gasteiger partial charge on any atom is -0.306 e. The van der Waals surface area contributed by atoms with E-state index in [1.165, 1.54) is 0 Å². The van der Waals surface area contributed by atoms with Gasteiger partial charge in [-0.2, -0.15) is 5.26 Å². The van der Waals surface area contributed by atoms with Crippen LogP contribution in [-0.4, -0.2) is 31.9 Å². The van der Waals surface area contributed by atoms with E-state index in [4.69, 9.17) is 0 Å². The Hall–Kier alpha value is -0.620. The van der Waals surface area contributed by atoms with Crippen molar-refractivity contribution in [1.29, 1.82) is 5.26 Å². The molecular formula is C14H17Br2N3O2S.